The number of nitrogens with zero attached hydrogens (tertiary/aromatic N) is 3. The monoisotopic (exact) mass is 185 g/mol. The first-order chi connectivity index (χ1) is 5.65. The van der Waals surface area contributed by atoms with Gasteiger partial charge in [-0.25, -0.2) is 0 Å². The first kappa shape index (κ1) is 8.04. The molecular formula is C7H11N3OS. The van der Waals surface area contributed by atoms with Gasteiger partial charge in [-0.05, 0) is 19.0 Å². The lowest BCUT2D eigenvalue weighted by atomic mass is 10.1. The highest BCUT2D eigenvalue weighted by atomic mass is 32.2. The molecule has 2 rings (SSSR count). The lowest BCUT2D eigenvalue weighted by Gasteiger charge is -2.23. The van der Waals surface area contributed by atoms with E-state index in [0.717, 1.165) is 18.3 Å². The summed E-state index contributed by atoms with van der Waals surface area (Å²) in [6.07, 6.45) is -0.233. The second-order valence-corrected chi connectivity index (χ2v) is 5.16. The zero-order valence-electron chi connectivity index (χ0n) is 7.15. The van der Waals surface area contributed by atoms with Crippen LogP contribution in [0.15, 0.2) is 10.2 Å². The van der Waals surface area contributed by atoms with Gasteiger partial charge >= 0.3 is 0 Å². The Balaban J connectivity index is 2.31. The van der Waals surface area contributed by atoms with Crippen molar-refractivity contribution in [3.63, 3.8) is 0 Å². The van der Waals surface area contributed by atoms with Gasteiger partial charge in [0.15, 0.2) is 11.3 Å². The van der Waals surface area contributed by atoms with Crippen molar-refractivity contribution in [3.05, 3.63) is 4.91 Å². The van der Waals surface area contributed by atoms with Crippen molar-refractivity contribution < 1.29 is 0 Å². The molecule has 1 saturated heterocycles. The lowest BCUT2D eigenvalue weighted by Crippen LogP contribution is -2.38. The molecule has 0 radical (unpaired) electrons. The van der Waals surface area contributed by atoms with Gasteiger partial charge < -0.3 is 4.90 Å². The second kappa shape index (κ2) is 2.45. The molecule has 0 aromatic heterocycles. The maximum Gasteiger partial charge on any atom is 0.179 e. The van der Waals surface area contributed by atoms with E-state index in [1.807, 2.05) is 18.7 Å². The Morgan fingerprint density at radius 3 is 3.17 bits per heavy atom. The molecule has 5 heteroatoms. The Morgan fingerprint density at radius 1 is 1.75 bits per heavy atom. The predicted molar refractivity (Wildman–Crippen MR) is 50.3 cm³/mol. The third-order valence-corrected chi connectivity index (χ3v) is 3.49. The average molecular weight is 185 g/mol. The van der Waals surface area contributed by atoms with Gasteiger partial charge in [0, 0.05) is 6.54 Å². The summed E-state index contributed by atoms with van der Waals surface area (Å²) in [5.74, 6) is 0. The number of hydrogen-bond donors (Lipinski definition) is 0. The highest BCUT2D eigenvalue weighted by Crippen LogP contribution is 2.42. The van der Waals surface area contributed by atoms with Crippen LogP contribution in [0.4, 0.5) is 0 Å². The van der Waals surface area contributed by atoms with Crippen molar-refractivity contribution in [1.82, 2.24) is 4.90 Å². The zero-order valence-corrected chi connectivity index (χ0v) is 7.97. The third-order valence-electron chi connectivity index (χ3n) is 2.20. The van der Waals surface area contributed by atoms with E-state index in [0.29, 0.717) is 0 Å². The van der Waals surface area contributed by atoms with Gasteiger partial charge in [0.05, 0.1) is 11.3 Å². The summed E-state index contributed by atoms with van der Waals surface area (Å²) < 4.78 is -0.110. The maximum absolute atomic E-state index is 10.6. The Kier molecular flexibility index (Phi) is 1.64. The molecule has 2 aliphatic rings. The summed E-state index contributed by atoms with van der Waals surface area (Å²) in [4.78, 5) is 16.9. The lowest BCUT2D eigenvalue weighted by molar-refractivity contribution is 0.312. The predicted octanol–water partition coefficient (Wildman–Crippen LogP) is 1.28. The number of thioether (sulfide) groups is 1. The van der Waals surface area contributed by atoms with Crippen LogP contribution in [0, 0.1) is 4.91 Å². The van der Waals surface area contributed by atoms with Crippen LogP contribution in [0.25, 0.3) is 0 Å². The summed E-state index contributed by atoms with van der Waals surface area (Å²) in [7, 11) is 0. The van der Waals surface area contributed by atoms with Crippen LogP contribution in [0.5, 0.6) is 0 Å². The normalized spacial score (nSPS) is 31.7. The number of nitroso groups, excluding NO2 is 1. The van der Waals surface area contributed by atoms with E-state index in [4.69, 9.17) is 0 Å². The fourth-order valence-electron chi connectivity index (χ4n) is 1.60. The standard InChI is InChI=1S/C7H11N3OS/c1-7(2)5(9-11)10-4-3-8-6(10)12-7/h5H,3-4H2,1-2H3. The maximum atomic E-state index is 10.6. The van der Waals surface area contributed by atoms with E-state index < -0.39 is 0 Å². The SMILES string of the molecule is CC1(C)SC2=NCCN2C1N=O. The largest absolute Gasteiger partial charge is 0.323 e. The molecule has 2 aliphatic heterocycles. The van der Waals surface area contributed by atoms with E-state index in [-0.39, 0.29) is 10.9 Å². The zero-order chi connectivity index (χ0) is 8.77. The Morgan fingerprint density at radius 2 is 2.50 bits per heavy atom. The quantitative estimate of drug-likeness (QED) is 0.578. The van der Waals surface area contributed by atoms with Crippen molar-refractivity contribution in [3.8, 4) is 0 Å². The van der Waals surface area contributed by atoms with Crippen LogP contribution in [-0.4, -0.2) is 34.1 Å². The fraction of sp³-hybridized carbons (Fsp3) is 0.857. The highest BCUT2D eigenvalue weighted by molar-refractivity contribution is 8.15. The molecule has 0 saturated carbocycles. The number of amidine groups is 1. The molecule has 0 aliphatic carbocycles. The number of fused-ring (bicyclic) bond motifs is 1. The van der Waals surface area contributed by atoms with Crippen molar-refractivity contribution in [2.24, 2.45) is 10.2 Å². The van der Waals surface area contributed by atoms with E-state index in [9.17, 15) is 4.91 Å². The second-order valence-electron chi connectivity index (χ2n) is 3.54. The molecule has 0 N–H and O–H groups in total. The minimum absolute atomic E-state index is 0.110. The summed E-state index contributed by atoms with van der Waals surface area (Å²) in [6, 6.07) is 0. The Bertz CT molecular complexity index is 251. The Hall–Kier alpha value is -0.580. The molecule has 4 nitrogen and oxygen atoms in total. The molecule has 0 aromatic carbocycles. The van der Waals surface area contributed by atoms with Gasteiger partial charge in [-0.2, -0.15) is 0 Å². The molecule has 1 atom stereocenters. The first-order valence-corrected chi connectivity index (χ1v) is 4.79. The minimum atomic E-state index is -0.233. The molecule has 1 fully saturated rings. The summed E-state index contributed by atoms with van der Waals surface area (Å²) >= 11 is 1.65. The Labute approximate surface area is 75.4 Å². The van der Waals surface area contributed by atoms with Crippen LogP contribution < -0.4 is 0 Å². The molecule has 12 heavy (non-hydrogen) atoms. The molecule has 1 unspecified atom stereocenters. The van der Waals surface area contributed by atoms with Crippen molar-refractivity contribution >= 4 is 16.9 Å². The van der Waals surface area contributed by atoms with Crippen molar-refractivity contribution in [2.75, 3.05) is 13.1 Å². The van der Waals surface area contributed by atoms with Gasteiger partial charge in [0.2, 0.25) is 0 Å². The molecule has 66 valence electrons. The first-order valence-electron chi connectivity index (χ1n) is 3.98. The van der Waals surface area contributed by atoms with Gasteiger partial charge in [-0.15, -0.1) is 4.91 Å². The van der Waals surface area contributed by atoms with E-state index >= 15 is 0 Å². The number of rotatable bonds is 1. The van der Waals surface area contributed by atoms with Crippen molar-refractivity contribution in [2.45, 2.75) is 24.8 Å². The van der Waals surface area contributed by atoms with Crippen LogP contribution in [0.1, 0.15) is 13.8 Å². The molecule has 0 spiro atoms. The van der Waals surface area contributed by atoms with E-state index in [1.165, 1.54) is 0 Å². The van der Waals surface area contributed by atoms with E-state index in [2.05, 4.69) is 10.2 Å². The summed E-state index contributed by atoms with van der Waals surface area (Å²) in [5.41, 5.74) is 0. The summed E-state index contributed by atoms with van der Waals surface area (Å²) in [6.45, 7) is 5.72. The average Bonchev–Trinajstić information content (AvgIpc) is 2.43. The van der Waals surface area contributed by atoms with Gasteiger partial charge in [-0.1, -0.05) is 11.8 Å². The number of hydrogen-bond acceptors (Lipinski definition) is 5. The van der Waals surface area contributed by atoms with Crippen LogP contribution in [0.2, 0.25) is 0 Å². The van der Waals surface area contributed by atoms with E-state index in [1.54, 1.807) is 11.8 Å². The fourth-order valence-corrected chi connectivity index (χ4v) is 2.82. The van der Waals surface area contributed by atoms with Gasteiger partial charge in [0.1, 0.15) is 0 Å². The smallest absolute Gasteiger partial charge is 0.179 e. The molecule has 0 aromatic rings. The molecule has 0 bridgehead atoms. The molecular weight excluding hydrogens is 174 g/mol. The van der Waals surface area contributed by atoms with Crippen LogP contribution in [0.3, 0.4) is 0 Å². The van der Waals surface area contributed by atoms with Crippen LogP contribution >= 0.6 is 11.8 Å². The number of aliphatic imine (C=N–C) groups is 1. The van der Waals surface area contributed by atoms with Gasteiger partial charge in [-0.3, -0.25) is 4.99 Å². The minimum Gasteiger partial charge on any atom is -0.323 e. The third kappa shape index (κ3) is 0.957. The highest BCUT2D eigenvalue weighted by Gasteiger charge is 2.47. The topological polar surface area (TPSA) is 45.0 Å². The van der Waals surface area contributed by atoms with Crippen LogP contribution in [-0.2, 0) is 0 Å². The van der Waals surface area contributed by atoms with Gasteiger partial charge in [0.25, 0.3) is 0 Å². The summed E-state index contributed by atoms with van der Waals surface area (Å²) in [5, 5.41) is 4.15. The molecule has 2 heterocycles. The molecule has 0 amide bonds. The van der Waals surface area contributed by atoms with Crippen molar-refractivity contribution in [1.29, 1.82) is 0 Å².